The summed E-state index contributed by atoms with van der Waals surface area (Å²) >= 11 is 0. The van der Waals surface area contributed by atoms with E-state index >= 15 is 0 Å². The average Bonchev–Trinajstić information content (AvgIpc) is 2.79. The van der Waals surface area contributed by atoms with E-state index in [1.165, 1.54) is 0 Å². The Labute approximate surface area is 120 Å². The molecular weight excluding hydrogens is 256 g/mol. The van der Waals surface area contributed by atoms with Crippen LogP contribution in [0, 0.1) is 0 Å². The number of hydrogen-bond donors (Lipinski definition) is 0. The SMILES string of the molecule is CCOCC1CCn2nccc2CN1CC(=O)N(C)C. The van der Waals surface area contributed by atoms with Gasteiger partial charge in [0.15, 0.2) is 0 Å². The standard InChI is InChI=1S/C14H24N4O2/c1-4-20-11-13-6-8-18-12(5-7-15-18)9-17(13)10-14(19)16(2)3/h5,7,13H,4,6,8-11H2,1-3H3. The van der Waals surface area contributed by atoms with Crippen LogP contribution in [-0.4, -0.2) is 65.4 Å². The zero-order valence-corrected chi connectivity index (χ0v) is 12.6. The van der Waals surface area contributed by atoms with Crippen LogP contribution in [0.4, 0.5) is 0 Å². The second-order valence-electron chi connectivity index (χ2n) is 5.34. The maximum atomic E-state index is 12.0. The first-order chi connectivity index (χ1) is 9.61. The summed E-state index contributed by atoms with van der Waals surface area (Å²) in [6, 6.07) is 2.29. The van der Waals surface area contributed by atoms with Crippen molar-refractivity contribution < 1.29 is 9.53 Å². The van der Waals surface area contributed by atoms with Gasteiger partial charge in [-0.2, -0.15) is 5.10 Å². The van der Waals surface area contributed by atoms with Crippen LogP contribution in [0.1, 0.15) is 19.0 Å². The number of carbonyl (C=O) groups excluding carboxylic acids is 1. The van der Waals surface area contributed by atoms with Crippen LogP contribution in [0.15, 0.2) is 12.3 Å². The zero-order chi connectivity index (χ0) is 14.5. The van der Waals surface area contributed by atoms with E-state index in [2.05, 4.69) is 10.00 Å². The largest absolute Gasteiger partial charge is 0.380 e. The highest BCUT2D eigenvalue weighted by Crippen LogP contribution is 2.17. The second-order valence-corrected chi connectivity index (χ2v) is 5.34. The summed E-state index contributed by atoms with van der Waals surface area (Å²) < 4.78 is 7.61. The van der Waals surface area contributed by atoms with Crippen LogP contribution >= 0.6 is 0 Å². The lowest BCUT2D eigenvalue weighted by Crippen LogP contribution is -2.43. The molecule has 0 aromatic carbocycles. The summed E-state index contributed by atoms with van der Waals surface area (Å²) in [4.78, 5) is 15.9. The third kappa shape index (κ3) is 3.58. The third-order valence-electron chi connectivity index (χ3n) is 3.71. The average molecular weight is 280 g/mol. The second kappa shape index (κ2) is 6.85. The number of rotatable bonds is 5. The molecule has 0 N–H and O–H groups in total. The van der Waals surface area contributed by atoms with E-state index in [-0.39, 0.29) is 11.9 Å². The Morgan fingerprint density at radius 3 is 3.05 bits per heavy atom. The molecule has 112 valence electrons. The van der Waals surface area contributed by atoms with Gasteiger partial charge in [-0.1, -0.05) is 0 Å². The van der Waals surface area contributed by atoms with Crippen LogP contribution in [0.2, 0.25) is 0 Å². The lowest BCUT2D eigenvalue weighted by atomic mass is 10.2. The third-order valence-corrected chi connectivity index (χ3v) is 3.71. The van der Waals surface area contributed by atoms with Gasteiger partial charge in [0.2, 0.25) is 5.91 Å². The van der Waals surface area contributed by atoms with Crippen LogP contribution in [-0.2, 0) is 22.6 Å². The van der Waals surface area contributed by atoms with Gasteiger partial charge < -0.3 is 9.64 Å². The van der Waals surface area contributed by atoms with Crippen molar-refractivity contribution >= 4 is 5.91 Å². The molecule has 0 radical (unpaired) electrons. The lowest BCUT2D eigenvalue weighted by molar-refractivity contribution is -0.131. The van der Waals surface area contributed by atoms with Gasteiger partial charge in [-0.25, -0.2) is 0 Å². The predicted octanol–water partition coefficient (Wildman–Crippen LogP) is 0.582. The first-order valence-corrected chi connectivity index (χ1v) is 7.14. The molecule has 6 heteroatoms. The molecule has 1 aromatic rings. The van der Waals surface area contributed by atoms with Crippen LogP contribution in [0.3, 0.4) is 0 Å². The predicted molar refractivity (Wildman–Crippen MR) is 76.2 cm³/mol. The monoisotopic (exact) mass is 280 g/mol. The van der Waals surface area contributed by atoms with Crippen LogP contribution in [0.5, 0.6) is 0 Å². The Balaban J connectivity index is 2.09. The highest BCUT2D eigenvalue weighted by Gasteiger charge is 2.26. The van der Waals surface area contributed by atoms with E-state index in [0.717, 1.165) is 25.2 Å². The first-order valence-electron chi connectivity index (χ1n) is 7.14. The fourth-order valence-corrected chi connectivity index (χ4v) is 2.43. The minimum Gasteiger partial charge on any atom is -0.380 e. The van der Waals surface area contributed by atoms with Crippen LogP contribution < -0.4 is 0 Å². The first kappa shape index (κ1) is 15.0. The summed E-state index contributed by atoms with van der Waals surface area (Å²) in [5.41, 5.74) is 1.16. The summed E-state index contributed by atoms with van der Waals surface area (Å²) in [5, 5.41) is 4.33. The summed E-state index contributed by atoms with van der Waals surface area (Å²) in [7, 11) is 3.59. The number of nitrogens with zero attached hydrogens (tertiary/aromatic N) is 4. The van der Waals surface area contributed by atoms with Crippen molar-refractivity contribution in [3.8, 4) is 0 Å². The normalized spacial score (nSPS) is 19.4. The van der Waals surface area contributed by atoms with Crippen molar-refractivity contribution in [3.05, 3.63) is 18.0 Å². The van der Waals surface area contributed by atoms with Crippen molar-refractivity contribution in [3.63, 3.8) is 0 Å². The molecule has 0 aliphatic carbocycles. The summed E-state index contributed by atoms with van der Waals surface area (Å²) in [5.74, 6) is 0.125. The number of carbonyl (C=O) groups is 1. The van der Waals surface area contributed by atoms with Gasteiger partial charge in [-0.15, -0.1) is 0 Å². The molecule has 0 saturated carbocycles. The molecule has 1 unspecified atom stereocenters. The maximum absolute atomic E-state index is 12.0. The lowest BCUT2D eigenvalue weighted by Gasteiger charge is -2.29. The molecule has 1 aromatic heterocycles. The number of ether oxygens (including phenoxy) is 1. The van der Waals surface area contributed by atoms with Gasteiger partial charge in [0.1, 0.15) is 0 Å². The number of amides is 1. The minimum atomic E-state index is 0.125. The molecule has 0 saturated heterocycles. The van der Waals surface area contributed by atoms with E-state index in [1.807, 2.05) is 23.9 Å². The molecule has 1 amide bonds. The van der Waals surface area contributed by atoms with Crippen molar-refractivity contribution in [1.29, 1.82) is 0 Å². The van der Waals surface area contributed by atoms with Gasteiger partial charge in [-0.05, 0) is 19.4 Å². The molecule has 2 rings (SSSR count). The molecule has 1 atom stereocenters. The highest BCUT2D eigenvalue weighted by atomic mass is 16.5. The fraction of sp³-hybridized carbons (Fsp3) is 0.714. The fourth-order valence-electron chi connectivity index (χ4n) is 2.43. The molecule has 2 heterocycles. The van der Waals surface area contributed by atoms with Gasteiger partial charge in [-0.3, -0.25) is 14.4 Å². The van der Waals surface area contributed by atoms with Crippen molar-refractivity contribution in [1.82, 2.24) is 19.6 Å². The van der Waals surface area contributed by atoms with Gasteiger partial charge >= 0.3 is 0 Å². The molecule has 6 nitrogen and oxygen atoms in total. The van der Waals surface area contributed by atoms with Gasteiger partial charge in [0, 0.05) is 46.0 Å². The van der Waals surface area contributed by atoms with E-state index in [0.29, 0.717) is 19.8 Å². The minimum absolute atomic E-state index is 0.125. The molecule has 20 heavy (non-hydrogen) atoms. The Morgan fingerprint density at radius 1 is 1.55 bits per heavy atom. The van der Waals surface area contributed by atoms with E-state index < -0.39 is 0 Å². The zero-order valence-electron chi connectivity index (χ0n) is 12.6. The summed E-state index contributed by atoms with van der Waals surface area (Å²) in [6.45, 7) is 5.43. The highest BCUT2D eigenvalue weighted by molar-refractivity contribution is 5.77. The van der Waals surface area contributed by atoms with Crippen molar-refractivity contribution in [2.75, 3.05) is 33.9 Å². The molecule has 0 bridgehead atoms. The van der Waals surface area contributed by atoms with Crippen LogP contribution in [0.25, 0.3) is 0 Å². The number of aryl methyl sites for hydroxylation is 1. The molecule has 1 aliphatic heterocycles. The molecule has 0 fully saturated rings. The smallest absolute Gasteiger partial charge is 0.236 e. The van der Waals surface area contributed by atoms with E-state index in [1.54, 1.807) is 19.0 Å². The number of fused-ring (bicyclic) bond motifs is 1. The Hall–Kier alpha value is -1.40. The van der Waals surface area contributed by atoms with Gasteiger partial charge in [0.05, 0.1) is 18.8 Å². The number of likely N-dealkylation sites (N-methyl/N-ethyl adjacent to an activating group) is 1. The number of aromatic nitrogens is 2. The van der Waals surface area contributed by atoms with Gasteiger partial charge in [0.25, 0.3) is 0 Å². The van der Waals surface area contributed by atoms with Crippen molar-refractivity contribution in [2.24, 2.45) is 0 Å². The van der Waals surface area contributed by atoms with Crippen molar-refractivity contribution in [2.45, 2.75) is 32.5 Å². The number of hydrogen-bond acceptors (Lipinski definition) is 4. The van der Waals surface area contributed by atoms with E-state index in [4.69, 9.17) is 4.74 Å². The topological polar surface area (TPSA) is 50.6 Å². The maximum Gasteiger partial charge on any atom is 0.236 e. The molecule has 1 aliphatic rings. The molecule has 0 spiro atoms. The Kier molecular flexibility index (Phi) is 5.14. The molecular formula is C14H24N4O2. The quantitative estimate of drug-likeness (QED) is 0.792. The Morgan fingerprint density at radius 2 is 2.35 bits per heavy atom. The Bertz CT molecular complexity index is 444. The summed E-state index contributed by atoms with van der Waals surface area (Å²) in [6.07, 6.45) is 2.78. The van der Waals surface area contributed by atoms with E-state index in [9.17, 15) is 4.79 Å².